The van der Waals surface area contributed by atoms with Gasteiger partial charge in [0.2, 0.25) is 5.91 Å². The molecule has 8 heavy (non-hydrogen) atoms. The maximum Gasteiger partial charge on any atom is 0.233 e. The normalized spacial score (nSPS) is 28.1. The highest BCUT2D eigenvalue weighted by Crippen LogP contribution is 2.18. The average molecular weight is 131 g/mol. The number of amides is 1. The predicted molar refractivity (Wildman–Crippen MR) is 34.7 cm³/mol. The Bertz CT molecular complexity index is 105. The lowest BCUT2D eigenvalue weighted by Crippen LogP contribution is -2.21. The molecule has 0 bridgehead atoms. The molecule has 1 N–H and O–H groups in total. The van der Waals surface area contributed by atoms with Crippen LogP contribution in [0, 0.1) is 0 Å². The fourth-order valence-corrected chi connectivity index (χ4v) is 1.60. The van der Waals surface area contributed by atoms with Crippen molar-refractivity contribution in [1.29, 1.82) is 0 Å². The Kier molecular flexibility index (Phi) is 1.78. The molecule has 0 aromatic carbocycles. The molecule has 0 aromatic rings. The Labute approximate surface area is 53.0 Å². The molecule has 46 valence electrons. The molecule has 0 radical (unpaired) electrons. The van der Waals surface area contributed by atoms with Gasteiger partial charge in [0.25, 0.3) is 0 Å². The van der Waals surface area contributed by atoms with Crippen molar-refractivity contribution in [3.8, 4) is 0 Å². The van der Waals surface area contributed by atoms with Crippen LogP contribution in [0.5, 0.6) is 0 Å². The van der Waals surface area contributed by atoms with E-state index >= 15 is 0 Å². The van der Waals surface area contributed by atoms with Crippen LogP contribution in [-0.4, -0.2) is 17.0 Å². The smallest absolute Gasteiger partial charge is 0.233 e. The Balaban J connectivity index is 2.42. The van der Waals surface area contributed by atoms with E-state index in [1.165, 1.54) is 0 Å². The van der Waals surface area contributed by atoms with Crippen molar-refractivity contribution in [2.24, 2.45) is 0 Å². The lowest BCUT2D eigenvalue weighted by atomic mass is 10.3. The molecule has 0 aliphatic carbocycles. The molecule has 1 unspecified atom stereocenters. The van der Waals surface area contributed by atoms with E-state index in [-0.39, 0.29) is 11.2 Å². The van der Waals surface area contributed by atoms with Crippen LogP contribution < -0.4 is 5.32 Å². The van der Waals surface area contributed by atoms with Gasteiger partial charge in [0.15, 0.2) is 0 Å². The van der Waals surface area contributed by atoms with E-state index in [2.05, 4.69) is 5.32 Å². The second-order valence-corrected chi connectivity index (χ2v) is 2.94. The summed E-state index contributed by atoms with van der Waals surface area (Å²) in [6.07, 6.45) is 0.955. The monoisotopic (exact) mass is 131 g/mol. The van der Waals surface area contributed by atoms with E-state index in [1.807, 2.05) is 6.92 Å². The van der Waals surface area contributed by atoms with E-state index in [4.69, 9.17) is 0 Å². The highest BCUT2D eigenvalue weighted by Gasteiger charge is 2.21. The van der Waals surface area contributed by atoms with Crippen LogP contribution in [-0.2, 0) is 4.79 Å². The average Bonchev–Trinajstić information content (AvgIpc) is 2.14. The number of hydrogen-bond acceptors (Lipinski definition) is 2. The fourth-order valence-electron chi connectivity index (χ4n) is 0.706. The zero-order valence-corrected chi connectivity index (χ0v) is 5.62. The first-order chi connectivity index (χ1) is 3.84. The van der Waals surface area contributed by atoms with Crippen LogP contribution in [0.2, 0.25) is 0 Å². The SMILES string of the molecule is CCC1SCNC1=O. The van der Waals surface area contributed by atoms with E-state index in [1.54, 1.807) is 11.8 Å². The van der Waals surface area contributed by atoms with Crippen molar-refractivity contribution in [3.63, 3.8) is 0 Å². The van der Waals surface area contributed by atoms with Crippen LogP contribution in [0.3, 0.4) is 0 Å². The molecule has 1 aliphatic heterocycles. The summed E-state index contributed by atoms with van der Waals surface area (Å²) in [4.78, 5) is 10.7. The first-order valence-corrected chi connectivity index (χ1v) is 3.78. The van der Waals surface area contributed by atoms with Gasteiger partial charge in [-0.1, -0.05) is 6.92 Å². The molecule has 1 atom stereocenters. The third-order valence-electron chi connectivity index (χ3n) is 1.19. The summed E-state index contributed by atoms with van der Waals surface area (Å²) in [5.41, 5.74) is 0. The minimum absolute atomic E-state index is 0.206. The van der Waals surface area contributed by atoms with E-state index in [9.17, 15) is 4.79 Å². The van der Waals surface area contributed by atoms with Crippen LogP contribution in [0.1, 0.15) is 13.3 Å². The van der Waals surface area contributed by atoms with Gasteiger partial charge >= 0.3 is 0 Å². The number of carbonyl (C=O) groups is 1. The quantitative estimate of drug-likeness (QED) is 0.564. The summed E-state index contributed by atoms with van der Waals surface area (Å²) in [6, 6.07) is 0. The van der Waals surface area contributed by atoms with Crippen molar-refractivity contribution >= 4 is 17.7 Å². The van der Waals surface area contributed by atoms with Crippen molar-refractivity contribution in [3.05, 3.63) is 0 Å². The number of rotatable bonds is 1. The van der Waals surface area contributed by atoms with Crippen LogP contribution in [0.4, 0.5) is 0 Å². The minimum Gasteiger partial charge on any atom is -0.346 e. The zero-order chi connectivity index (χ0) is 5.98. The van der Waals surface area contributed by atoms with E-state index in [0.717, 1.165) is 12.3 Å². The third-order valence-corrected chi connectivity index (χ3v) is 2.45. The summed E-state index contributed by atoms with van der Waals surface area (Å²) >= 11 is 1.69. The zero-order valence-electron chi connectivity index (χ0n) is 4.81. The van der Waals surface area contributed by atoms with Gasteiger partial charge in [-0.2, -0.15) is 0 Å². The fraction of sp³-hybridized carbons (Fsp3) is 0.800. The first-order valence-electron chi connectivity index (χ1n) is 2.74. The topological polar surface area (TPSA) is 29.1 Å². The van der Waals surface area contributed by atoms with Crippen molar-refractivity contribution in [1.82, 2.24) is 5.32 Å². The Morgan fingerprint density at radius 2 is 2.75 bits per heavy atom. The summed E-state index contributed by atoms with van der Waals surface area (Å²) in [6.45, 7) is 2.03. The molecule has 1 amide bonds. The molecule has 0 aromatic heterocycles. The number of nitrogens with one attached hydrogen (secondary N) is 1. The molecule has 1 heterocycles. The highest BCUT2D eigenvalue weighted by atomic mass is 32.2. The largest absolute Gasteiger partial charge is 0.346 e. The number of carbonyl (C=O) groups excluding carboxylic acids is 1. The highest BCUT2D eigenvalue weighted by molar-refractivity contribution is 8.01. The van der Waals surface area contributed by atoms with Gasteiger partial charge in [-0.05, 0) is 6.42 Å². The van der Waals surface area contributed by atoms with Crippen molar-refractivity contribution in [2.75, 3.05) is 5.88 Å². The van der Waals surface area contributed by atoms with Crippen LogP contribution >= 0.6 is 11.8 Å². The second-order valence-electron chi connectivity index (χ2n) is 1.75. The van der Waals surface area contributed by atoms with Gasteiger partial charge in [0, 0.05) is 0 Å². The van der Waals surface area contributed by atoms with Crippen LogP contribution in [0.15, 0.2) is 0 Å². The third kappa shape index (κ3) is 0.968. The van der Waals surface area contributed by atoms with Gasteiger partial charge in [-0.15, -0.1) is 11.8 Å². The number of thioether (sulfide) groups is 1. The second kappa shape index (κ2) is 2.40. The number of hydrogen-bond donors (Lipinski definition) is 1. The molecule has 1 fully saturated rings. The molecule has 1 saturated heterocycles. The molecule has 0 spiro atoms. The maximum atomic E-state index is 10.7. The Hall–Kier alpha value is -0.180. The molecule has 2 nitrogen and oxygen atoms in total. The summed E-state index contributed by atoms with van der Waals surface area (Å²) in [5, 5.41) is 2.98. The van der Waals surface area contributed by atoms with Crippen LogP contribution in [0.25, 0.3) is 0 Å². The standard InChI is InChI=1S/C5H9NOS/c1-2-4-5(7)6-3-8-4/h4H,2-3H2,1H3,(H,6,7). The minimum atomic E-state index is 0.206. The van der Waals surface area contributed by atoms with E-state index < -0.39 is 0 Å². The maximum absolute atomic E-state index is 10.7. The lowest BCUT2D eigenvalue weighted by molar-refractivity contribution is -0.119. The molecular weight excluding hydrogens is 122 g/mol. The first kappa shape index (κ1) is 5.95. The van der Waals surface area contributed by atoms with Gasteiger partial charge in [-0.3, -0.25) is 4.79 Å². The van der Waals surface area contributed by atoms with E-state index in [0.29, 0.717) is 0 Å². The summed E-state index contributed by atoms with van der Waals surface area (Å²) in [5.74, 6) is 1.01. The molecule has 1 rings (SSSR count). The predicted octanol–water partition coefficient (Wildman–Crippen LogP) is 0.585. The van der Waals surface area contributed by atoms with Crippen molar-refractivity contribution < 1.29 is 4.79 Å². The molecule has 1 aliphatic rings. The van der Waals surface area contributed by atoms with Gasteiger partial charge in [0.05, 0.1) is 11.1 Å². The summed E-state index contributed by atoms with van der Waals surface area (Å²) in [7, 11) is 0. The molecule has 0 saturated carbocycles. The molecular formula is C5H9NOS. The Morgan fingerprint density at radius 1 is 2.00 bits per heavy atom. The van der Waals surface area contributed by atoms with Gasteiger partial charge in [-0.25, -0.2) is 0 Å². The van der Waals surface area contributed by atoms with Crippen molar-refractivity contribution in [2.45, 2.75) is 18.6 Å². The van der Waals surface area contributed by atoms with Gasteiger partial charge < -0.3 is 5.32 Å². The molecule has 3 heteroatoms. The Morgan fingerprint density at radius 3 is 3.00 bits per heavy atom. The lowest BCUT2D eigenvalue weighted by Gasteiger charge is -1.96. The summed E-state index contributed by atoms with van der Waals surface area (Å²) < 4.78 is 0. The van der Waals surface area contributed by atoms with Gasteiger partial charge in [0.1, 0.15) is 0 Å².